The van der Waals surface area contributed by atoms with E-state index in [1.54, 1.807) is 24.3 Å². The Hall–Kier alpha value is -4.55. The summed E-state index contributed by atoms with van der Waals surface area (Å²) in [5.41, 5.74) is 5.12. The number of imidazole rings is 1. The maximum absolute atomic E-state index is 12.6. The molecule has 0 unspecified atom stereocenters. The van der Waals surface area contributed by atoms with Gasteiger partial charge >= 0.3 is 18.2 Å². The number of nitrogens with zero attached hydrogens (tertiary/aromatic N) is 1. The summed E-state index contributed by atoms with van der Waals surface area (Å²) in [6, 6.07) is 9.39. The number of primary amides is 1. The summed E-state index contributed by atoms with van der Waals surface area (Å²) >= 11 is 0. The molecule has 34 heavy (non-hydrogen) atoms. The standard InChI is InChI=1S/C21H18F3N5O5/c22-21(23,24)12-3-5-13(6-4-12)26-20(33)29-19-17(18(25)32)27-15(28-19)9-11-1-7-14(8-2-11)34-10-16(30)31/h1-8H,9-10H2,(H2,25,32)(H,27,28)(H,30,31)(H2,26,29,33). The predicted octanol–water partition coefficient (Wildman–Crippen LogP) is 3.23. The first-order valence-corrected chi connectivity index (χ1v) is 9.59. The monoisotopic (exact) mass is 477 g/mol. The summed E-state index contributed by atoms with van der Waals surface area (Å²) in [7, 11) is 0. The topological polar surface area (TPSA) is 159 Å². The first-order valence-electron chi connectivity index (χ1n) is 9.59. The molecule has 6 N–H and O–H groups in total. The Morgan fingerprint density at radius 1 is 1.03 bits per heavy atom. The highest BCUT2D eigenvalue weighted by molar-refractivity contribution is 6.04. The fraction of sp³-hybridized carbons (Fsp3) is 0.143. The number of hydrogen-bond donors (Lipinski definition) is 5. The first kappa shape index (κ1) is 24.1. The summed E-state index contributed by atoms with van der Waals surface area (Å²) in [5.74, 6) is -1.51. The molecule has 0 spiro atoms. The fourth-order valence-corrected chi connectivity index (χ4v) is 2.83. The number of benzene rings is 2. The van der Waals surface area contributed by atoms with Gasteiger partial charge in [-0.05, 0) is 42.0 Å². The van der Waals surface area contributed by atoms with Crippen molar-refractivity contribution in [3.8, 4) is 5.75 Å². The van der Waals surface area contributed by atoms with Crippen LogP contribution in [0.2, 0.25) is 0 Å². The van der Waals surface area contributed by atoms with Gasteiger partial charge < -0.3 is 25.9 Å². The third-order valence-electron chi connectivity index (χ3n) is 4.36. The Labute approximate surface area is 189 Å². The quantitative estimate of drug-likeness (QED) is 0.335. The van der Waals surface area contributed by atoms with Crippen LogP contribution in [0.15, 0.2) is 48.5 Å². The van der Waals surface area contributed by atoms with E-state index in [1.165, 1.54) is 0 Å². The summed E-state index contributed by atoms with van der Waals surface area (Å²) in [6.45, 7) is -0.483. The van der Waals surface area contributed by atoms with Crippen molar-refractivity contribution < 1.29 is 37.4 Å². The van der Waals surface area contributed by atoms with Crippen LogP contribution in [0, 0.1) is 0 Å². The maximum Gasteiger partial charge on any atom is 0.416 e. The van der Waals surface area contributed by atoms with E-state index in [0.717, 1.165) is 29.8 Å². The normalized spacial score (nSPS) is 11.0. The number of alkyl halides is 3. The van der Waals surface area contributed by atoms with Crippen molar-refractivity contribution in [1.82, 2.24) is 9.97 Å². The minimum Gasteiger partial charge on any atom is -0.482 e. The number of H-pyrrole nitrogens is 1. The van der Waals surface area contributed by atoms with E-state index in [-0.39, 0.29) is 29.4 Å². The van der Waals surface area contributed by atoms with Gasteiger partial charge in [0.05, 0.1) is 5.56 Å². The molecule has 0 aliphatic rings. The van der Waals surface area contributed by atoms with Gasteiger partial charge in [-0.3, -0.25) is 10.1 Å². The average Bonchev–Trinajstić information content (AvgIpc) is 3.15. The predicted molar refractivity (Wildman–Crippen MR) is 114 cm³/mol. The molecule has 0 saturated carbocycles. The van der Waals surface area contributed by atoms with Crippen molar-refractivity contribution >= 4 is 29.4 Å². The van der Waals surface area contributed by atoms with Crippen molar-refractivity contribution in [2.45, 2.75) is 12.6 Å². The number of hydrogen-bond acceptors (Lipinski definition) is 5. The van der Waals surface area contributed by atoms with E-state index >= 15 is 0 Å². The molecule has 3 rings (SSSR count). The fourth-order valence-electron chi connectivity index (χ4n) is 2.83. The number of nitrogens with two attached hydrogens (primary N) is 1. The molecule has 178 valence electrons. The molecule has 0 fully saturated rings. The number of carbonyl (C=O) groups excluding carboxylic acids is 2. The lowest BCUT2D eigenvalue weighted by molar-refractivity contribution is -0.139. The lowest BCUT2D eigenvalue weighted by Gasteiger charge is -2.09. The number of urea groups is 1. The van der Waals surface area contributed by atoms with Gasteiger partial charge in [0.15, 0.2) is 12.4 Å². The zero-order chi connectivity index (χ0) is 24.9. The Kier molecular flexibility index (Phi) is 7.04. The van der Waals surface area contributed by atoms with Gasteiger partial charge in [0.25, 0.3) is 5.91 Å². The van der Waals surface area contributed by atoms with Crippen LogP contribution >= 0.6 is 0 Å². The number of carboxylic acids is 1. The number of nitrogens with one attached hydrogen (secondary N) is 3. The van der Waals surface area contributed by atoms with Crippen LogP contribution in [-0.4, -0.2) is 39.6 Å². The molecule has 3 aromatic rings. The maximum atomic E-state index is 12.6. The van der Waals surface area contributed by atoms with Crippen molar-refractivity contribution in [3.63, 3.8) is 0 Å². The zero-order valence-electron chi connectivity index (χ0n) is 17.3. The van der Waals surface area contributed by atoms with Crippen LogP contribution in [0.1, 0.15) is 27.4 Å². The smallest absolute Gasteiger partial charge is 0.416 e. The minimum absolute atomic E-state index is 0.0899. The van der Waals surface area contributed by atoms with E-state index < -0.39 is 36.3 Å². The van der Waals surface area contributed by atoms with Crippen LogP contribution in [-0.2, 0) is 17.4 Å². The molecule has 0 atom stereocenters. The van der Waals surface area contributed by atoms with E-state index in [1.807, 2.05) is 0 Å². The van der Waals surface area contributed by atoms with E-state index in [2.05, 4.69) is 20.6 Å². The number of ether oxygens (including phenoxy) is 1. The van der Waals surface area contributed by atoms with Gasteiger partial charge in [-0.2, -0.15) is 13.2 Å². The summed E-state index contributed by atoms with van der Waals surface area (Å²) in [4.78, 5) is 41.4. The molecule has 0 bridgehead atoms. The van der Waals surface area contributed by atoms with Gasteiger partial charge in [-0.15, -0.1) is 0 Å². The second kappa shape index (κ2) is 9.94. The molecule has 3 amide bonds. The van der Waals surface area contributed by atoms with Gasteiger partial charge in [-0.1, -0.05) is 12.1 Å². The molecule has 13 heteroatoms. The number of aliphatic carboxylic acids is 1. The molecule has 0 aliphatic carbocycles. The summed E-state index contributed by atoms with van der Waals surface area (Å²) in [5, 5.41) is 13.3. The molecule has 0 radical (unpaired) electrons. The van der Waals surface area contributed by atoms with Crippen LogP contribution in [0.25, 0.3) is 0 Å². The van der Waals surface area contributed by atoms with Crippen LogP contribution in [0.5, 0.6) is 5.75 Å². The Bertz CT molecular complexity index is 1190. The van der Waals surface area contributed by atoms with E-state index in [4.69, 9.17) is 15.6 Å². The number of halogens is 3. The first-order chi connectivity index (χ1) is 16.0. The molecule has 0 aliphatic heterocycles. The van der Waals surface area contributed by atoms with Gasteiger partial charge in [0.1, 0.15) is 17.3 Å². The molecular formula is C21H18F3N5O5. The van der Waals surface area contributed by atoms with Gasteiger partial charge in [0, 0.05) is 12.1 Å². The zero-order valence-corrected chi connectivity index (χ0v) is 17.3. The third kappa shape index (κ3) is 6.48. The third-order valence-corrected chi connectivity index (χ3v) is 4.36. The van der Waals surface area contributed by atoms with Crippen molar-refractivity contribution in [2.75, 3.05) is 17.2 Å². The van der Waals surface area contributed by atoms with Crippen LogP contribution < -0.4 is 21.1 Å². The highest BCUT2D eigenvalue weighted by Crippen LogP contribution is 2.29. The van der Waals surface area contributed by atoms with E-state index in [0.29, 0.717) is 5.75 Å². The van der Waals surface area contributed by atoms with Gasteiger partial charge in [0.2, 0.25) is 0 Å². The largest absolute Gasteiger partial charge is 0.482 e. The molecular weight excluding hydrogens is 459 g/mol. The van der Waals surface area contributed by atoms with Gasteiger partial charge in [-0.25, -0.2) is 14.6 Å². The molecule has 1 aromatic heterocycles. The lowest BCUT2D eigenvalue weighted by atomic mass is 10.1. The Morgan fingerprint density at radius 3 is 2.24 bits per heavy atom. The molecule has 0 saturated heterocycles. The Balaban J connectivity index is 1.67. The number of aromatic nitrogens is 2. The van der Waals surface area contributed by atoms with Crippen LogP contribution in [0.3, 0.4) is 0 Å². The summed E-state index contributed by atoms with van der Waals surface area (Å²) in [6.07, 6.45) is -4.30. The number of carboxylic acid groups (broad SMARTS) is 1. The number of rotatable bonds is 8. The molecule has 1 heterocycles. The second-order valence-corrected chi connectivity index (χ2v) is 6.93. The van der Waals surface area contributed by atoms with Crippen molar-refractivity contribution in [1.29, 1.82) is 0 Å². The lowest BCUT2D eigenvalue weighted by Crippen LogP contribution is -2.22. The summed E-state index contributed by atoms with van der Waals surface area (Å²) < 4.78 is 43.0. The number of carbonyl (C=O) groups is 3. The molecule has 10 nitrogen and oxygen atoms in total. The highest BCUT2D eigenvalue weighted by Gasteiger charge is 2.30. The number of amides is 3. The number of aromatic amines is 1. The minimum atomic E-state index is -4.51. The number of anilines is 2. The SMILES string of the molecule is NC(=O)c1[nH]c(Cc2ccc(OCC(=O)O)cc2)nc1NC(=O)Nc1ccc(C(F)(F)F)cc1. The van der Waals surface area contributed by atoms with Crippen LogP contribution in [0.4, 0.5) is 29.5 Å². The Morgan fingerprint density at radius 2 is 1.68 bits per heavy atom. The van der Waals surface area contributed by atoms with Crippen molar-refractivity contribution in [3.05, 3.63) is 71.2 Å². The highest BCUT2D eigenvalue weighted by atomic mass is 19.4. The van der Waals surface area contributed by atoms with E-state index in [9.17, 15) is 27.6 Å². The average molecular weight is 477 g/mol. The molecule has 2 aromatic carbocycles. The second-order valence-electron chi connectivity index (χ2n) is 6.93. The van der Waals surface area contributed by atoms with Crippen molar-refractivity contribution in [2.24, 2.45) is 5.73 Å².